The molecule has 2 atom stereocenters. The number of aldehydes is 1. The van der Waals surface area contributed by atoms with Crippen molar-refractivity contribution in [3.05, 3.63) is 103 Å². The van der Waals surface area contributed by atoms with Gasteiger partial charge in [0.25, 0.3) is 5.88 Å². The largest absolute Gasteiger partial charge is 0.441 e. The summed E-state index contributed by atoms with van der Waals surface area (Å²) in [5.41, 5.74) is 5.76. The molecule has 4 rings (SSSR count). The molecule has 1 aliphatic heterocycles. The van der Waals surface area contributed by atoms with Crippen molar-refractivity contribution in [3.8, 4) is 11.1 Å². The van der Waals surface area contributed by atoms with Gasteiger partial charge in [0.2, 0.25) is 5.91 Å². The van der Waals surface area contributed by atoms with Crippen LogP contribution in [0.5, 0.6) is 0 Å². The van der Waals surface area contributed by atoms with Gasteiger partial charge in [-0.25, -0.2) is 9.38 Å². The highest BCUT2D eigenvalue weighted by molar-refractivity contribution is 6.04. The summed E-state index contributed by atoms with van der Waals surface area (Å²) in [5.74, 6) is -2.03. The third-order valence-electron chi connectivity index (χ3n) is 6.56. The molecule has 41 heavy (non-hydrogen) atoms. The summed E-state index contributed by atoms with van der Waals surface area (Å²) in [4.78, 5) is 42.5. The topological polar surface area (TPSA) is 116 Å². The van der Waals surface area contributed by atoms with E-state index in [1.807, 2.05) is 12.1 Å². The highest BCUT2D eigenvalue weighted by atomic mass is 19.1. The van der Waals surface area contributed by atoms with Crippen LogP contribution >= 0.6 is 0 Å². The van der Waals surface area contributed by atoms with Crippen molar-refractivity contribution >= 4 is 35.1 Å². The van der Waals surface area contributed by atoms with Crippen molar-refractivity contribution in [1.82, 2.24) is 20.1 Å². The second kappa shape index (κ2) is 13.2. The maximum atomic E-state index is 14.5. The van der Waals surface area contributed by atoms with E-state index in [1.165, 1.54) is 24.6 Å². The second-order valence-electron chi connectivity index (χ2n) is 9.20. The molecule has 1 N–H and O–H groups in total. The number of halogens is 1. The zero-order valence-electron chi connectivity index (χ0n) is 22.4. The lowest BCUT2D eigenvalue weighted by atomic mass is 9.89. The highest BCUT2D eigenvalue weighted by Gasteiger charge is 2.29. The number of nitrogens with zero attached hydrogens (tertiary/aromatic N) is 4. The Morgan fingerprint density at radius 3 is 2.78 bits per heavy atom. The molecule has 0 radical (unpaired) electrons. The predicted octanol–water partition coefficient (Wildman–Crippen LogP) is 5.03. The predicted molar refractivity (Wildman–Crippen MR) is 153 cm³/mol. The van der Waals surface area contributed by atoms with Crippen LogP contribution in [0.25, 0.3) is 22.0 Å². The summed E-state index contributed by atoms with van der Waals surface area (Å²) in [5, 5.41) is 11.0. The molecule has 3 aromatic rings. The van der Waals surface area contributed by atoms with Gasteiger partial charge in [-0.2, -0.15) is 10.2 Å². The standard InChI is InChI=1S/C31H28FN5O4/c1-4-24(32)15-26(31(40)36-25-7-9-30(41-5-2)33-12-11-25)20(3)29(39)18-37-17-23(19-38)27-14-21(6-8-28(27)37)22-10-13-34-35-16-22/h5-8,10-14,16-17,19,24,26H,2-4,15,18H2,1H3,(H,36,40). The highest BCUT2D eigenvalue weighted by Crippen LogP contribution is 2.28. The van der Waals surface area contributed by atoms with Gasteiger partial charge >= 0.3 is 0 Å². The van der Waals surface area contributed by atoms with Crippen LogP contribution < -0.4 is 5.32 Å². The Bertz CT molecular complexity index is 1630. The fourth-order valence-corrected chi connectivity index (χ4v) is 4.33. The Morgan fingerprint density at radius 1 is 1.24 bits per heavy atom. The van der Waals surface area contributed by atoms with Crippen molar-refractivity contribution in [3.63, 3.8) is 0 Å². The van der Waals surface area contributed by atoms with Crippen molar-refractivity contribution in [2.75, 3.05) is 0 Å². The number of benzene rings is 1. The number of rotatable bonds is 13. The lowest BCUT2D eigenvalue weighted by Gasteiger charge is -2.20. The number of carbonyl (C=O) groups excluding carboxylic acids is 3. The number of Topliss-reactive ketones (excluding diaryl/α,β-unsaturated/α-hetero) is 1. The number of nitrogens with one attached hydrogen (secondary N) is 1. The van der Waals surface area contributed by atoms with Crippen molar-refractivity contribution in [2.45, 2.75) is 32.5 Å². The minimum absolute atomic E-state index is 0.0364. The van der Waals surface area contributed by atoms with E-state index < -0.39 is 23.8 Å². The maximum Gasteiger partial charge on any atom is 0.264 e. The molecule has 10 heteroatoms. The van der Waals surface area contributed by atoms with Crippen LogP contribution in [0.15, 0.2) is 102 Å². The van der Waals surface area contributed by atoms with E-state index in [0.29, 0.717) is 22.2 Å². The third kappa shape index (κ3) is 6.87. The van der Waals surface area contributed by atoms with Crippen molar-refractivity contribution in [2.24, 2.45) is 10.9 Å². The number of allylic oxidation sites excluding steroid dienone is 2. The summed E-state index contributed by atoms with van der Waals surface area (Å²) in [6, 6.07) is 7.30. The lowest BCUT2D eigenvalue weighted by Crippen LogP contribution is -2.35. The van der Waals surface area contributed by atoms with E-state index in [-0.39, 0.29) is 30.8 Å². The van der Waals surface area contributed by atoms with Gasteiger partial charge in [0.1, 0.15) is 6.17 Å². The number of carbonyl (C=O) groups is 3. The van der Waals surface area contributed by atoms with Gasteiger partial charge in [-0.15, -0.1) is 0 Å². The fourth-order valence-electron chi connectivity index (χ4n) is 4.33. The zero-order valence-corrected chi connectivity index (χ0v) is 22.4. The van der Waals surface area contributed by atoms with E-state index in [0.717, 1.165) is 17.4 Å². The lowest BCUT2D eigenvalue weighted by molar-refractivity contribution is -0.126. The number of ketones is 1. The number of alkyl halides is 1. The minimum Gasteiger partial charge on any atom is -0.441 e. The van der Waals surface area contributed by atoms with E-state index in [1.54, 1.807) is 42.2 Å². The molecular formula is C31H28FN5O4. The Balaban J connectivity index is 1.57. The molecule has 208 valence electrons. The SMILES string of the molecule is C=COC1=C=CC(NC(=O)C(CC(F)CC)C(=C)C(=O)Cn2cc(C=O)c3cc(-c4ccnnc4)ccc32)=CC=N1. The van der Waals surface area contributed by atoms with Gasteiger partial charge < -0.3 is 14.6 Å². The molecule has 0 aliphatic carbocycles. The Hall–Kier alpha value is -5.21. The molecule has 9 nitrogen and oxygen atoms in total. The first kappa shape index (κ1) is 28.8. The normalized spacial score (nSPS) is 13.9. The molecule has 1 amide bonds. The monoisotopic (exact) mass is 553 g/mol. The molecule has 1 aliphatic rings. The molecule has 0 saturated heterocycles. The second-order valence-corrected chi connectivity index (χ2v) is 9.20. The van der Waals surface area contributed by atoms with Gasteiger partial charge in [0.15, 0.2) is 12.1 Å². The van der Waals surface area contributed by atoms with Crippen LogP contribution in [0.3, 0.4) is 0 Å². The molecule has 2 aromatic heterocycles. The van der Waals surface area contributed by atoms with E-state index >= 15 is 0 Å². The quantitative estimate of drug-likeness (QED) is 0.137. The first-order valence-electron chi connectivity index (χ1n) is 12.8. The van der Waals surface area contributed by atoms with Crippen LogP contribution in [-0.2, 0) is 20.9 Å². The van der Waals surface area contributed by atoms with Gasteiger partial charge in [0, 0.05) is 46.1 Å². The molecular weight excluding hydrogens is 525 g/mol. The number of fused-ring (bicyclic) bond motifs is 1. The van der Waals surface area contributed by atoms with Gasteiger partial charge in [-0.1, -0.05) is 31.9 Å². The Morgan fingerprint density at radius 2 is 2.07 bits per heavy atom. The van der Waals surface area contributed by atoms with Gasteiger partial charge in [-0.3, -0.25) is 14.4 Å². The number of amides is 1. The van der Waals surface area contributed by atoms with Gasteiger partial charge in [0.05, 0.1) is 36.8 Å². The van der Waals surface area contributed by atoms with Crippen molar-refractivity contribution in [1.29, 1.82) is 0 Å². The maximum absolute atomic E-state index is 14.5. The first-order chi connectivity index (χ1) is 19.8. The van der Waals surface area contributed by atoms with Crippen LogP contribution in [0.1, 0.15) is 30.1 Å². The average molecular weight is 554 g/mol. The van der Waals surface area contributed by atoms with Gasteiger partial charge in [-0.05, 0) is 42.7 Å². The number of aromatic nitrogens is 3. The first-order valence-corrected chi connectivity index (χ1v) is 12.8. The van der Waals surface area contributed by atoms with Crippen LogP contribution in [-0.4, -0.2) is 45.1 Å². The minimum atomic E-state index is -1.32. The third-order valence-corrected chi connectivity index (χ3v) is 6.56. The van der Waals surface area contributed by atoms with E-state index in [4.69, 9.17) is 4.74 Å². The number of aliphatic imine (C=N–C) groups is 1. The zero-order chi connectivity index (χ0) is 29.4. The molecule has 0 fully saturated rings. The average Bonchev–Trinajstić information content (AvgIpc) is 3.18. The number of hydrogen-bond acceptors (Lipinski definition) is 7. The summed E-state index contributed by atoms with van der Waals surface area (Å²) in [6.45, 7) is 8.82. The molecule has 3 heterocycles. The molecule has 0 spiro atoms. The Labute approximate surface area is 236 Å². The molecule has 1 aromatic carbocycles. The van der Waals surface area contributed by atoms with E-state index in [9.17, 15) is 18.8 Å². The van der Waals surface area contributed by atoms with Crippen LogP contribution in [0.2, 0.25) is 0 Å². The van der Waals surface area contributed by atoms with Crippen LogP contribution in [0, 0.1) is 5.92 Å². The smallest absolute Gasteiger partial charge is 0.264 e. The summed E-state index contributed by atoms with van der Waals surface area (Å²) >= 11 is 0. The van der Waals surface area contributed by atoms with Crippen LogP contribution in [0.4, 0.5) is 4.39 Å². The summed E-state index contributed by atoms with van der Waals surface area (Å²) < 4.78 is 21.2. The fraction of sp³-hybridized carbons (Fsp3) is 0.194. The summed E-state index contributed by atoms with van der Waals surface area (Å²) in [7, 11) is 0. The number of hydrogen-bond donors (Lipinski definition) is 1. The molecule has 2 unspecified atom stereocenters. The molecule has 0 bridgehead atoms. The van der Waals surface area contributed by atoms with E-state index in [2.05, 4.69) is 39.4 Å². The number of ether oxygens (including phenoxy) is 1. The van der Waals surface area contributed by atoms with Crippen molar-refractivity contribution < 1.29 is 23.5 Å². The Kier molecular flexibility index (Phi) is 9.29. The summed E-state index contributed by atoms with van der Waals surface area (Å²) in [6.07, 6.45) is 9.68. The molecule has 0 saturated carbocycles.